The highest BCUT2D eigenvalue weighted by Gasteiger charge is 1.36. The SMILES string of the molecule is C.C.CC.CC.CC.CC.CC.CC.CCC.CCC.CCC.CCC. The summed E-state index contributed by atoms with van der Waals surface area (Å²) in [6.45, 7) is 41.0. The van der Waals surface area contributed by atoms with Crippen molar-refractivity contribution in [2.75, 3.05) is 0 Å². The van der Waals surface area contributed by atoms with Crippen LogP contribution in [0.5, 0.6) is 0 Å². The molecule has 0 aliphatic carbocycles. The van der Waals surface area contributed by atoms with E-state index in [4.69, 9.17) is 0 Å². The van der Waals surface area contributed by atoms with Gasteiger partial charge in [-0.05, 0) is 0 Å². The molecule has 0 unspecified atom stereocenters. The van der Waals surface area contributed by atoms with Crippen LogP contribution in [0.3, 0.4) is 0 Å². The van der Waals surface area contributed by atoms with Gasteiger partial charge in [0.15, 0.2) is 0 Å². The zero-order valence-corrected chi connectivity index (χ0v) is 22.8. The van der Waals surface area contributed by atoms with Crippen molar-refractivity contribution >= 4 is 0 Å². The van der Waals surface area contributed by atoms with E-state index >= 15 is 0 Å². The molecule has 180 valence electrons. The highest BCUT2D eigenvalue weighted by atomic mass is 13.4. The highest BCUT2D eigenvalue weighted by molar-refractivity contribution is 3.93. The van der Waals surface area contributed by atoms with Crippen LogP contribution >= 0.6 is 0 Å². The van der Waals surface area contributed by atoms with Crippen molar-refractivity contribution in [3.8, 4) is 0 Å². The molecule has 0 bridgehead atoms. The van der Waals surface area contributed by atoms with Crippen LogP contribution in [0, 0.1) is 0 Å². The van der Waals surface area contributed by atoms with E-state index in [9.17, 15) is 0 Å². The molecule has 26 heavy (non-hydrogen) atoms. The van der Waals surface area contributed by atoms with E-state index in [2.05, 4.69) is 55.4 Å². The molecule has 0 rings (SSSR count). The third-order valence-corrected chi connectivity index (χ3v) is 0. The Morgan fingerprint density at radius 2 is 0.231 bits per heavy atom. The summed E-state index contributed by atoms with van der Waals surface area (Å²) in [7, 11) is 0. The van der Waals surface area contributed by atoms with Crippen molar-refractivity contribution < 1.29 is 0 Å². The van der Waals surface area contributed by atoms with Gasteiger partial charge >= 0.3 is 0 Å². The minimum atomic E-state index is 0. The number of hydrogen-bond acceptors (Lipinski definition) is 0. The van der Waals surface area contributed by atoms with Crippen molar-refractivity contribution in [2.24, 2.45) is 0 Å². The number of rotatable bonds is 0. The average Bonchev–Trinajstić information content (AvgIpc) is 2.67. The van der Waals surface area contributed by atoms with Crippen LogP contribution in [0.4, 0.5) is 0 Å². The molecule has 0 fully saturated rings. The van der Waals surface area contributed by atoms with Gasteiger partial charge in [0.2, 0.25) is 0 Å². The normalized spacial score (nSPS) is 4.15. The maximum Gasteiger partial charge on any atom is -0.0590 e. The van der Waals surface area contributed by atoms with Crippen LogP contribution in [0.25, 0.3) is 0 Å². The zero-order valence-electron chi connectivity index (χ0n) is 22.8. The Morgan fingerprint density at radius 1 is 0.231 bits per heavy atom. The fourth-order valence-electron chi connectivity index (χ4n) is 0. The molecule has 0 amide bonds. The minimum Gasteiger partial charge on any atom is -0.0776 e. The summed E-state index contributed by atoms with van der Waals surface area (Å²) < 4.78 is 0. The predicted molar refractivity (Wildman–Crippen MR) is 145 cm³/mol. The molecule has 0 aromatic heterocycles. The molecule has 0 atom stereocenters. The molecule has 0 aliphatic rings. The summed E-state index contributed by atoms with van der Waals surface area (Å²) in [4.78, 5) is 0. The molecule has 0 aliphatic heterocycles. The molecular formula is C26H76. The maximum absolute atomic E-state index is 2.12. The standard InChI is InChI=1S/4C3H8.6C2H6.2CH4/c4*1-3-2;6*1-2;;/h4*3H2,1-2H3;6*1-2H3;2*1H4. The lowest BCUT2D eigenvalue weighted by Crippen LogP contribution is -1.27. The van der Waals surface area contributed by atoms with Crippen molar-refractivity contribution in [1.82, 2.24) is 0 Å². The van der Waals surface area contributed by atoms with Crippen molar-refractivity contribution in [2.45, 2.75) is 179 Å². The first-order valence-corrected chi connectivity index (χ1v) is 11.7. The fourth-order valence-corrected chi connectivity index (χ4v) is 0. The Labute approximate surface area is 179 Å². The maximum atomic E-state index is 2.12. The first-order valence-electron chi connectivity index (χ1n) is 11.7. The van der Waals surface area contributed by atoms with Crippen molar-refractivity contribution in [1.29, 1.82) is 0 Å². The van der Waals surface area contributed by atoms with Gasteiger partial charge in [-0.15, -0.1) is 0 Å². The fraction of sp³-hybridized carbons (Fsp3) is 1.00. The van der Waals surface area contributed by atoms with E-state index < -0.39 is 0 Å². The summed E-state index contributed by atoms with van der Waals surface area (Å²) in [5.74, 6) is 0. The Morgan fingerprint density at radius 3 is 0.231 bits per heavy atom. The Kier molecular flexibility index (Phi) is 2870. The average molecular weight is 389 g/mol. The third-order valence-electron chi connectivity index (χ3n) is 0. The summed E-state index contributed by atoms with van der Waals surface area (Å²) in [6.07, 6.45) is 5.00. The Hall–Kier alpha value is 0. The van der Waals surface area contributed by atoms with Gasteiger partial charge in [-0.3, -0.25) is 0 Å². The van der Waals surface area contributed by atoms with Crippen molar-refractivity contribution in [3.05, 3.63) is 0 Å². The van der Waals surface area contributed by atoms with Gasteiger partial charge in [0.05, 0.1) is 0 Å². The van der Waals surface area contributed by atoms with Crippen LogP contribution < -0.4 is 0 Å². The molecular weight excluding hydrogens is 312 g/mol. The Balaban J connectivity index is -0.00000000837. The second-order valence-corrected chi connectivity index (χ2v) is 2.83. The van der Waals surface area contributed by atoms with Gasteiger partial charge in [0, 0.05) is 0 Å². The molecule has 0 radical (unpaired) electrons. The van der Waals surface area contributed by atoms with Gasteiger partial charge in [-0.25, -0.2) is 0 Å². The number of hydrogen-bond donors (Lipinski definition) is 0. The highest BCUT2D eigenvalue weighted by Crippen LogP contribution is 1.57. The van der Waals surface area contributed by atoms with Crippen molar-refractivity contribution in [3.63, 3.8) is 0 Å². The van der Waals surface area contributed by atoms with E-state index in [0.29, 0.717) is 0 Å². The van der Waals surface area contributed by atoms with E-state index in [1.165, 1.54) is 25.7 Å². The molecule has 0 saturated heterocycles. The van der Waals surface area contributed by atoms with Crippen LogP contribution in [-0.4, -0.2) is 0 Å². The van der Waals surface area contributed by atoms with Crippen LogP contribution in [0.2, 0.25) is 0 Å². The summed E-state index contributed by atoms with van der Waals surface area (Å²) >= 11 is 0. The van der Waals surface area contributed by atoms with Gasteiger partial charge in [0.25, 0.3) is 0 Å². The molecule has 0 heterocycles. The predicted octanol–water partition coefficient (Wildman–Crippen LogP) is 13.1. The van der Waals surface area contributed by atoms with Gasteiger partial charge < -0.3 is 0 Å². The monoisotopic (exact) mass is 389 g/mol. The molecule has 0 aromatic carbocycles. The second-order valence-electron chi connectivity index (χ2n) is 2.83. The summed E-state index contributed by atoms with van der Waals surface area (Å²) in [5.41, 5.74) is 0. The molecule has 0 aromatic rings. The van der Waals surface area contributed by atoms with E-state index in [1.54, 1.807) is 0 Å². The van der Waals surface area contributed by atoms with E-state index in [-0.39, 0.29) is 14.9 Å². The second kappa shape index (κ2) is 900. The minimum absolute atomic E-state index is 0. The molecule has 0 saturated carbocycles. The Bertz CT molecular complexity index is 8.00. The zero-order chi connectivity index (χ0) is 22.8. The lowest BCUT2D eigenvalue weighted by Gasteiger charge is -1.48. The van der Waals surface area contributed by atoms with E-state index in [0.717, 1.165) is 0 Å². The molecule has 0 heteroatoms. The van der Waals surface area contributed by atoms with Crippen LogP contribution in [0.15, 0.2) is 0 Å². The molecule has 0 nitrogen and oxygen atoms in total. The first kappa shape index (κ1) is 82.9. The smallest absolute Gasteiger partial charge is 0.0590 e. The van der Waals surface area contributed by atoms with Crippen LogP contribution in [0.1, 0.15) is 179 Å². The van der Waals surface area contributed by atoms with Crippen LogP contribution in [-0.2, 0) is 0 Å². The molecule has 0 N–H and O–H groups in total. The van der Waals surface area contributed by atoms with Gasteiger partial charge in [0.1, 0.15) is 0 Å². The third kappa shape index (κ3) is 0. The van der Waals surface area contributed by atoms with E-state index in [1.807, 2.05) is 83.1 Å². The van der Waals surface area contributed by atoms with Gasteiger partial charge in [-0.1, -0.05) is 179 Å². The lowest BCUT2D eigenvalue weighted by atomic mass is 10.6. The summed E-state index contributed by atoms with van der Waals surface area (Å²) in [5, 5.41) is 0. The topological polar surface area (TPSA) is 0 Å². The first-order chi connectivity index (χ1) is 11.7. The molecule has 0 spiro atoms. The quantitative estimate of drug-likeness (QED) is 0.387. The largest absolute Gasteiger partial charge is 0.0776 e. The summed E-state index contributed by atoms with van der Waals surface area (Å²) in [6, 6.07) is 0. The van der Waals surface area contributed by atoms with Gasteiger partial charge in [-0.2, -0.15) is 0 Å². The lowest BCUT2D eigenvalue weighted by molar-refractivity contribution is 1.09.